The standard InChI is InChI=1S/C46H28N2/c1-2-11-38-36(9-1)37-10-3-4-12-39(37)43-27-32(20-23-40(38)43)29-15-17-30(18-16-29)45-41-13-5-6-14-44(41)48-46-35-22-19-31(34-8-7-25-47-28-34)26-33(35)21-24-42(45)46/h1-28H. The Balaban J connectivity index is 1.13. The highest BCUT2D eigenvalue weighted by Gasteiger charge is 2.15. The molecule has 0 aliphatic carbocycles. The van der Waals surface area contributed by atoms with Gasteiger partial charge >= 0.3 is 0 Å². The minimum atomic E-state index is 1.00. The molecule has 8 aromatic carbocycles. The Kier molecular flexibility index (Phi) is 5.91. The van der Waals surface area contributed by atoms with Gasteiger partial charge in [-0.2, -0.15) is 0 Å². The fourth-order valence-corrected chi connectivity index (χ4v) is 7.62. The van der Waals surface area contributed by atoms with Crippen molar-refractivity contribution in [1.82, 2.24) is 9.97 Å². The van der Waals surface area contributed by atoms with Crippen LogP contribution in [0.15, 0.2) is 170 Å². The summed E-state index contributed by atoms with van der Waals surface area (Å²) in [5.74, 6) is 0. The number of pyridine rings is 2. The second kappa shape index (κ2) is 10.6. The summed E-state index contributed by atoms with van der Waals surface area (Å²) >= 11 is 0. The summed E-state index contributed by atoms with van der Waals surface area (Å²) in [6.45, 7) is 0. The number of rotatable bonds is 3. The van der Waals surface area contributed by atoms with Crippen molar-refractivity contribution in [3.63, 3.8) is 0 Å². The van der Waals surface area contributed by atoms with E-state index in [0.29, 0.717) is 0 Å². The molecule has 0 radical (unpaired) electrons. The second-order valence-electron chi connectivity index (χ2n) is 12.6. The van der Waals surface area contributed by atoms with Gasteiger partial charge in [-0.15, -0.1) is 0 Å². The highest BCUT2D eigenvalue weighted by molar-refractivity contribution is 6.26. The van der Waals surface area contributed by atoms with Crippen molar-refractivity contribution in [1.29, 1.82) is 0 Å². The predicted molar refractivity (Wildman–Crippen MR) is 203 cm³/mol. The molecular weight excluding hydrogens is 581 g/mol. The topological polar surface area (TPSA) is 25.8 Å². The number of aromatic nitrogens is 2. The van der Waals surface area contributed by atoms with Gasteiger partial charge < -0.3 is 0 Å². The normalized spacial score (nSPS) is 11.8. The zero-order chi connectivity index (χ0) is 31.6. The summed E-state index contributed by atoms with van der Waals surface area (Å²) in [6, 6.07) is 57.2. The molecule has 0 bridgehead atoms. The van der Waals surface area contributed by atoms with E-state index >= 15 is 0 Å². The third-order valence-electron chi connectivity index (χ3n) is 9.91. The number of fused-ring (bicyclic) bond motifs is 10. The van der Waals surface area contributed by atoms with E-state index in [0.717, 1.165) is 38.3 Å². The van der Waals surface area contributed by atoms with Gasteiger partial charge in [0.2, 0.25) is 0 Å². The van der Waals surface area contributed by atoms with E-state index in [2.05, 4.69) is 157 Å². The highest BCUT2D eigenvalue weighted by atomic mass is 14.7. The lowest BCUT2D eigenvalue weighted by Crippen LogP contribution is -1.91. The van der Waals surface area contributed by atoms with Crippen molar-refractivity contribution < 1.29 is 0 Å². The summed E-state index contributed by atoms with van der Waals surface area (Å²) in [7, 11) is 0. The molecule has 0 N–H and O–H groups in total. The third-order valence-corrected chi connectivity index (χ3v) is 9.91. The molecule has 2 heteroatoms. The van der Waals surface area contributed by atoms with Crippen LogP contribution in [0.4, 0.5) is 0 Å². The lowest BCUT2D eigenvalue weighted by atomic mass is 9.90. The lowest BCUT2D eigenvalue weighted by Gasteiger charge is -2.15. The third kappa shape index (κ3) is 4.13. The Morgan fingerprint density at radius 3 is 1.60 bits per heavy atom. The molecule has 0 saturated heterocycles. The largest absolute Gasteiger partial charge is 0.264 e. The molecule has 10 rings (SSSR count). The van der Waals surface area contributed by atoms with Crippen molar-refractivity contribution in [3.05, 3.63) is 170 Å². The molecule has 0 aliphatic rings. The van der Waals surface area contributed by atoms with Crippen LogP contribution in [0.25, 0.3) is 98.3 Å². The first-order valence-electron chi connectivity index (χ1n) is 16.4. The lowest BCUT2D eigenvalue weighted by molar-refractivity contribution is 1.33. The number of para-hydroxylation sites is 1. The van der Waals surface area contributed by atoms with Crippen molar-refractivity contribution in [3.8, 4) is 33.4 Å². The minimum absolute atomic E-state index is 1.00. The fourth-order valence-electron chi connectivity index (χ4n) is 7.62. The average molecular weight is 609 g/mol. The van der Waals surface area contributed by atoms with Gasteiger partial charge in [0, 0.05) is 39.7 Å². The van der Waals surface area contributed by atoms with Gasteiger partial charge in [-0.25, -0.2) is 4.98 Å². The van der Waals surface area contributed by atoms with Gasteiger partial charge in [0.05, 0.1) is 11.0 Å². The Labute approximate surface area is 277 Å². The summed E-state index contributed by atoms with van der Waals surface area (Å²) in [5, 5.41) is 12.4. The smallest absolute Gasteiger partial charge is 0.0794 e. The zero-order valence-corrected chi connectivity index (χ0v) is 26.1. The molecule has 2 nitrogen and oxygen atoms in total. The molecule has 0 saturated carbocycles. The minimum Gasteiger partial charge on any atom is -0.264 e. The monoisotopic (exact) mass is 608 g/mol. The van der Waals surface area contributed by atoms with E-state index in [9.17, 15) is 0 Å². The molecule has 10 aromatic rings. The molecule has 2 aromatic heterocycles. The highest BCUT2D eigenvalue weighted by Crippen LogP contribution is 2.40. The first kappa shape index (κ1) is 26.8. The zero-order valence-electron chi connectivity index (χ0n) is 26.1. The van der Waals surface area contributed by atoms with E-state index in [-0.39, 0.29) is 0 Å². The van der Waals surface area contributed by atoms with E-state index in [1.165, 1.54) is 60.0 Å². The maximum Gasteiger partial charge on any atom is 0.0794 e. The first-order chi connectivity index (χ1) is 23.8. The molecule has 0 aliphatic heterocycles. The second-order valence-corrected chi connectivity index (χ2v) is 12.6. The first-order valence-corrected chi connectivity index (χ1v) is 16.4. The SMILES string of the molecule is c1cncc(-c2ccc3c(ccc4c(-c5ccc(-c6ccc7c8ccccc8c8ccccc8c7c6)cc5)c5ccccc5nc43)c2)c1. The van der Waals surface area contributed by atoms with Crippen LogP contribution < -0.4 is 0 Å². The van der Waals surface area contributed by atoms with E-state index in [1.807, 2.05) is 18.5 Å². The number of benzene rings is 8. The summed E-state index contributed by atoms with van der Waals surface area (Å²) in [6.07, 6.45) is 3.73. The van der Waals surface area contributed by atoms with E-state index in [4.69, 9.17) is 4.98 Å². The predicted octanol–water partition coefficient (Wildman–Crippen LogP) is 12.4. The maximum atomic E-state index is 5.22. The molecule has 0 fully saturated rings. The van der Waals surface area contributed by atoms with Gasteiger partial charge in [0.1, 0.15) is 0 Å². The van der Waals surface area contributed by atoms with Crippen molar-refractivity contribution in [2.75, 3.05) is 0 Å². The van der Waals surface area contributed by atoms with Crippen LogP contribution in [-0.2, 0) is 0 Å². The van der Waals surface area contributed by atoms with Crippen molar-refractivity contribution >= 4 is 64.9 Å². The van der Waals surface area contributed by atoms with Crippen LogP contribution in [0, 0.1) is 0 Å². The number of hydrogen-bond acceptors (Lipinski definition) is 2. The molecule has 2 heterocycles. The van der Waals surface area contributed by atoms with E-state index in [1.54, 1.807) is 0 Å². The van der Waals surface area contributed by atoms with Crippen LogP contribution in [0.1, 0.15) is 0 Å². The van der Waals surface area contributed by atoms with Gasteiger partial charge in [0.25, 0.3) is 0 Å². The molecule has 0 spiro atoms. The quantitative estimate of drug-likeness (QED) is 0.147. The molecule has 0 unspecified atom stereocenters. The van der Waals surface area contributed by atoms with Crippen LogP contribution in [0.5, 0.6) is 0 Å². The van der Waals surface area contributed by atoms with Gasteiger partial charge in [0.15, 0.2) is 0 Å². The van der Waals surface area contributed by atoms with Crippen molar-refractivity contribution in [2.24, 2.45) is 0 Å². The molecule has 48 heavy (non-hydrogen) atoms. The maximum absolute atomic E-state index is 5.22. The van der Waals surface area contributed by atoms with Gasteiger partial charge in [-0.1, -0.05) is 133 Å². The summed E-state index contributed by atoms with van der Waals surface area (Å²) < 4.78 is 0. The fraction of sp³-hybridized carbons (Fsp3) is 0. The average Bonchev–Trinajstić information content (AvgIpc) is 3.17. The van der Waals surface area contributed by atoms with Crippen LogP contribution in [-0.4, -0.2) is 9.97 Å². The van der Waals surface area contributed by atoms with E-state index < -0.39 is 0 Å². The van der Waals surface area contributed by atoms with Crippen LogP contribution in [0.3, 0.4) is 0 Å². The Morgan fingerprint density at radius 2 is 0.896 bits per heavy atom. The van der Waals surface area contributed by atoms with Gasteiger partial charge in [-0.05, 0) is 84.2 Å². The molecule has 0 amide bonds. The molecule has 222 valence electrons. The Hall–Kier alpha value is -6.38. The van der Waals surface area contributed by atoms with Crippen LogP contribution >= 0.6 is 0 Å². The van der Waals surface area contributed by atoms with Gasteiger partial charge in [-0.3, -0.25) is 4.98 Å². The van der Waals surface area contributed by atoms with Crippen LogP contribution in [0.2, 0.25) is 0 Å². The summed E-state index contributed by atoms with van der Waals surface area (Å²) in [4.78, 5) is 9.54. The van der Waals surface area contributed by atoms with Crippen molar-refractivity contribution in [2.45, 2.75) is 0 Å². The Morgan fingerprint density at radius 1 is 0.333 bits per heavy atom. The number of hydrogen-bond donors (Lipinski definition) is 0. The molecular formula is C46H28N2. The molecule has 0 atom stereocenters. The summed E-state index contributed by atoms with van der Waals surface area (Å²) in [5.41, 5.74) is 9.12. The Bertz CT molecular complexity index is 2840. The number of nitrogens with zero attached hydrogens (tertiary/aromatic N) is 2.